The Hall–Kier alpha value is -2.51. The number of benzene rings is 2. The van der Waals surface area contributed by atoms with Gasteiger partial charge in [-0.05, 0) is 49.2 Å². The smallest absolute Gasteiger partial charge is 0.303 e. The molecule has 154 valence electrons. The zero-order chi connectivity index (χ0) is 21.4. The summed E-state index contributed by atoms with van der Waals surface area (Å²) >= 11 is 7.51. The summed E-state index contributed by atoms with van der Waals surface area (Å²) in [4.78, 5) is 35.9. The van der Waals surface area contributed by atoms with Crippen molar-refractivity contribution >= 4 is 52.5 Å². The molecule has 0 aliphatic rings. The fourth-order valence-corrected chi connectivity index (χ4v) is 3.72. The number of rotatable bonds is 9. The molecule has 0 radical (unpaired) electrons. The van der Waals surface area contributed by atoms with Crippen LogP contribution in [-0.2, 0) is 14.4 Å². The Bertz CT molecular complexity index is 904. The second-order valence-corrected chi connectivity index (χ2v) is 8.07. The lowest BCUT2D eigenvalue weighted by atomic mass is 10.2. The number of hydrogen-bond acceptors (Lipinski definition) is 4. The standard InChI is InChI=1S/C21H23ClN2O4S/c1-3-18(21(28)24-17-9-5-8-16(22)13(17)2)29-15-7-4-6-14(12-15)23-19(25)10-11-20(26)27/h4-9,12,18H,3,10-11H2,1-2H3,(H,23,25)(H,24,28)(H,26,27). The third-order valence-electron chi connectivity index (χ3n) is 4.15. The van der Waals surface area contributed by atoms with Crippen molar-refractivity contribution in [2.75, 3.05) is 10.6 Å². The summed E-state index contributed by atoms with van der Waals surface area (Å²) in [6, 6.07) is 12.5. The topological polar surface area (TPSA) is 95.5 Å². The number of anilines is 2. The minimum Gasteiger partial charge on any atom is -0.481 e. The van der Waals surface area contributed by atoms with Gasteiger partial charge in [-0.25, -0.2) is 0 Å². The summed E-state index contributed by atoms with van der Waals surface area (Å²) in [5, 5.41) is 14.5. The van der Waals surface area contributed by atoms with Gasteiger partial charge in [0, 0.05) is 27.7 Å². The summed E-state index contributed by atoms with van der Waals surface area (Å²) < 4.78 is 0. The lowest BCUT2D eigenvalue weighted by Gasteiger charge is -2.17. The summed E-state index contributed by atoms with van der Waals surface area (Å²) in [7, 11) is 0. The average molecular weight is 435 g/mol. The van der Waals surface area contributed by atoms with Crippen LogP contribution in [0.4, 0.5) is 11.4 Å². The van der Waals surface area contributed by atoms with Gasteiger partial charge in [-0.1, -0.05) is 30.7 Å². The first kappa shape index (κ1) is 22.8. The van der Waals surface area contributed by atoms with Crippen LogP contribution in [0.1, 0.15) is 31.7 Å². The molecule has 0 aliphatic heterocycles. The molecule has 0 spiro atoms. The third kappa shape index (κ3) is 7.11. The van der Waals surface area contributed by atoms with Gasteiger partial charge >= 0.3 is 5.97 Å². The van der Waals surface area contributed by atoms with Crippen molar-refractivity contribution < 1.29 is 19.5 Å². The van der Waals surface area contributed by atoms with E-state index >= 15 is 0 Å². The molecule has 0 saturated heterocycles. The number of halogens is 1. The van der Waals surface area contributed by atoms with Crippen LogP contribution in [0, 0.1) is 6.92 Å². The first-order valence-corrected chi connectivity index (χ1v) is 10.4. The van der Waals surface area contributed by atoms with Crippen LogP contribution in [0.15, 0.2) is 47.4 Å². The maximum atomic E-state index is 12.7. The maximum Gasteiger partial charge on any atom is 0.303 e. The number of amides is 2. The van der Waals surface area contributed by atoms with E-state index in [0.717, 1.165) is 10.5 Å². The summed E-state index contributed by atoms with van der Waals surface area (Å²) in [6.07, 6.45) is 0.304. The Kier molecular flexibility index (Phi) is 8.54. The molecule has 3 N–H and O–H groups in total. The molecular weight excluding hydrogens is 412 g/mol. The number of nitrogens with one attached hydrogen (secondary N) is 2. The number of carboxylic acids is 1. The molecule has 6 nitrogen and oxygen atoms in total. The molecule has 0 heterocycles. The fourth-order valence-electron chi connectivity index (χ4n) is 2.53. The molecule has 29 heavy (non-hydrogen) atoms. The van der Waals surface area contributed by atoms with Gasteiger partial charge in [-0.15, -0.1) is 11.8 Å². The van der Waals surface area contributed by atoms with Crippen molar-refractivity contribution in [2.45, 2.75) is 43.3 Å². The highest BCUT2D eigenvalue weighted by atomic mass is 35.5. The Balaban J connectivity index is 2.02. The Labute approximate surface area is 179 Å². The monoisotopic (exact) mass is 434 g/mol. The number of carbonyl (C=O) groups is 3. The molecular formula is C21H23ClN2O4S. The molecule has 0 fully saturated rings. The highest BCUT2D eigenvalue weighted by Gasteiger charge is 2.19. The van der Waals surface area contributed by atoms with Crippen LogP contribution in [-0.4, -0.2) is 28.1 Å². The lowest BCUT2D eigenvalue weighted by molar-refractivity contribution is -0.138. The summed E-state index contributed by atoms with van der Waals surface area (Å²) in [5.74, 6) is -1.51. The highest BCUT2D eigenvalue weighted by Crippen LogP contribution is 2.30. The molecule has 0 saturated carbocycles. The van der Waals surface area contributed by atoms with Crippen LogP contribution in [0.3, 0.4) is 0 Å². The number of aliphatic carboxylic acids is 1. The van der Waals surface area contributed by atoms with E-state index in [4.69, 9.17) is 16.7 Å². The van der Waals surface area contributed by atoms with Crippen LogP contribution < -0.4 is 10.6 Å². The quantitative estimate of drug-likeness (QED) is 0.485. The molecule has 2 aromatic rings. The highest BCUT2D eigenvalue weighted by molar-refractivity contribution is 8.00. The normalized spacial score (nSPS) is 11.6. The first-order chi connectivity index (χ1) is 13.8. The van der Waals surface area contributed by atoms with E-state index in [1.54, 1.807) is 30.3 Å². The summed E-state index contributed by atoms with van der Waals surface area (Å²) in [5.41, 5.74) is 2.06. The number of carbonyl (C=O) groups excluding carboxylic acids is 2. The van der Waals surface area contributed by atoms with Gasteiger partial charge in [0.05, 0.1) is 11.7 Å². The van der Waals surface area contributed by atoms with Gasteiger partial charge in [-0.2, -0.15) is 0 Å². The van der Waals surface area contributed by atoms with E-state index in [1.807, 2.05) is 26.0 Å². The van der Waals surface area contributed by atoms with Gasteiger partial charge in [0.15, 0.2) is 0 Å². The van der Waals surface area contributed by atoms with Gasteiger partial charge in [0.1, 0.15) is 0 Å². The SMILES string of the molecule is CCC(Sc1cccc(NC(=O)CCC(=O)O)c1)C(=O)Nc1cccc(Cl)c1C. The third-order valence-corrected chi connectivity index (χ3v) is 5.92. The van der Waals surface area contributed by atoms with E-state index in [9.17, 15) is 14.4 Å². The molecule has 2 rings (SSSR count). The average Bonchev–Trinajstić information content (AvgIpc) is 2.68. The van der Waals surface area contributed by atoms with Crippen LogP contribution in [0.2, 0.25) is 5.02 Å². The molecule has 8 heteroatoms. The van der Waals surface area contributed by atoms with Crippen LogP contribution in [0.5, 0.6) is 0 Å². The predicted octanol–water partition coefficient (Wildman–Crippen LogP) is 4.96. The van der Waals surface area contributed by atoms with Crippen LogP contribution >= 0.6 is 23.4 Å². The Morgan fingerprint density at radius 2 is 1.83 bits per heavy atom. The summed E-state index contributed by atoms with van der Waals surface area (Å²) in [6.45, 7) is 3.78. The van der Waals surface area contributed by atoms with Crippen molar-refractivity contribution in [2.24, 2.45) is 0 Å². The van der Waals surface area contributed by atoms with E-state index in [1.165, 1.54) is 11.8 Å². The zero-order valence-electron chi connectivity index (χ0n) is 16.2. The molecule has 0 aliphatic carbocycles. The minimum atomic E-state index is -1.02. The lowest BCUT2D eigenvalue weighted by Crippen LogP contribution is -2.25. The van der Waals surface area contributed by atoms with E-state index in [-0.39, 0.29) is 29.9 Å². The second-order valence-electron chi connectivity index (χ2n) is 6.39. The molecule has 2 amide bonds. The molecule has 0 bridgehead atoms. The van der Waals surface area contributed by atoms with E-state index < -0.39 is 5.97 Å². The van der Waals surface area contributed by atoms with Gasteiger partial charge in [0.25, 0.3) is 0 Å². The Morgan fingerprint density at radius 3 is 2.52 bits per heavy atom. The maximum absolute atomic E-state index is 12.7. The number of thioether (sulfide) groups is 1. The van der Waals surface area contributed by atoms with Gasteiger partial charge in [-0.3, -0.25) is 14.4 Å². The zero-order valence-corrected chi connectivity index (χ0v) is 17.8. The van der Waals surface area contributed by atoms with Crippen molar-refractivity contribution in [3.8, 4) is 0 Å². The first-order valence-electron chi connectivity index (χ1n) is 9.14. The fraction of sp³-hybridized carbons (Fsp3) is 0.286. The van der Waals surface area contributed by atoms with Crippen molar-refractivity contribution in [1.82, 2.24) is 0 Å². The number of carboxylic acid groups (broad SMARTS) is 1. The molecule has 2 aromatic carbocycles. The van der Waals surface area contributed by atoms with Crippen LogP contribution in [0.25, 0.3) is 0 Å². The largest absolute Gasteiger partial charge is 0.481 e. The molecule has 1 unspecified atom stereocenters. The van der Waals surface area contributed by atoms with Crippen molar-refractivity contribution in [1.29, 1.82) is 0 Å². The molecule has 1 atom stereocenters. The van der Waals surface area contributed by atoms with E-state index in [2.05, 4.69) is 10.6 Å². The predicted molar refractivity (Wildman–Crippen MR) is 117 cm³/mol. The number of hydrogen-bond donors (Lipinski definition) is 3. The second kappa shape index (κ2) is 10.9. The minimum absolute atomic E-state index is 0.0916. The van der Waals surface area contributed by atoms with Gasteiger partial charge in [0.2, 0.25) is 11.8 Å². The van der Waals surface area contributed by atoms with Crippen molar-refractivity contribution in [3.05, 3.63) is 53.1 Å². The Morgan fingerprint density at radius 1 is 1.10 bits per heavy atom. The van der Waals surface area contributed by atoms with Crippen molar-refractivity contribution in [3.63, 3.8) is 0 Å². The molecule has 0 aromatic heterocycles. The van der Waals surface area contributed by atoms with Gasteiger partial charge < -0.3 is 15.7 Å². The van der Waals surface area contributed by atoms with E-state index in [0.29, 0.717) is 22.8 Å².